The maximum Gasteiger partial charge on any atom is 0.138 e. The Labute approximate surface area is 206 Å². The van der Waals surface area contributed by atoms with Gasteiger partial charge in [0, 0.05) is 10.9 Å². The summed E-state index contributed by atoms with van der Waals surface area (Å²) in [6, 6.07) is 18.8. The van der Waals surface area contributed by atoms with Gasteiger partial charge in [-0.05, 0) is 72.4 Å². The van der Waals surface area contributed by atoms with Crippen molar-refractivity contribution in [1.29, 1.82) is 0 Å². The van der Waals surface area contributed by atoms with Gasteiger partial charge >= 0.3 is 0 Å². The van der Waals surface area contributed by atoms with E-state index in [1.165, 1.54) is 75.3 Å². The Morgan fingerprint density at radius 1 is 0.882 bits per heavy atom. The smallest absolute Gasteiger partial charge is 0.138 e. The molecular formula is C33H41F. The highest BCUT2D eigenvalue weighted by Gasteiger charge is 2.22. The van der Waals surface area contributed by atoms with Crippen molar-refractivity contribution in [2.75, 3.05) is 0 Å². The average Bonchev–Trinajstić information content (AvgIpc) is 2.88. The van der Waals surface area contributed by atoms with Gasteiger partial charge in [0.25, 0.3) is 0 Å². The van der Waals surface area contributed by atoms with Gasteiger partial charge in [0.1, 0.15) is 5.82 Å². The van der Waals surface area contributed by atoms with E-state index in [1.54, 1.807) is 0 Å². The summed E-state index contributed by atoms with van der Waals surface area (Å²) in [5.74, 6) is 1.45. The third-order valence-corrected chi connectivity index (χ3v) is 7.91. The third kappa shape index (κ3) is 6.17. The molecule has 0 radical (unpaired) electrons. The average molecular weight is 457 g/mol. The first kappa shape index (κ1) is 24.7. The summed E-state index contributed by atoms with van der Waals surface area (Å²) >= 11 is 0. The third-order valence-electron chi connectivity index (χ3n) is 7.91. The molecule has 1 aliphatic carbocycles. The molecule has 1 aliphatic rings. The van der Waals surface area contributed by atoms with E-state index in [0.717, 1.165) is 35.1 Å². The Bertz CT molecular complexity index is 1050. The maximum absolute atomic E-state index is 15.5. The first-order valence-corrected chi connectivity index (χ1v) is 13.6. The van der Waals surface area contributed by atoms with Crippen molar-refractivity contribution >= 4 is 10.8 Å². The Morgan fingerprint density at radius 2 is 1.65 bits per heavy atom. The SMILES string of the molecule is C=CCCc1ccc(-c2ccc3cc(C4CCC(CCCCCCC)CC4)ccc3c2F)cc1. The number of hydrogen-bond donors (Lipinski definition) is 0. The summed E-state index contributed by atoms with van der Waals surface area (Å²) in [6.07, 6.45) is 17.5. The van der Waals surface area contributed by atoms with Crippen molar-refractivity contribution in [2.24, 2.45) is 5.92 Å². The number of rotatable bonds is 11. The Hall–Kier alpha value is -2.41. The van der Waals surface area contributed by atoms with Crippen LogP contribution in [0.2, 0.25) is 0 Å². The zero-order valence-corrected chi connectivity index (χ0v) is 21.0. The van der Waals surface area contributed by atoms with Crippen LogP contribution >= 0.6 is 0 Å². The maximum atomic E-state index is 15.5. The van der Waals surface area contributed by atoms with Crippen molar-refractivity contribution in [1.82, 2.24) is 0 Å². The van der Waals surface area contributed by atoms with Crippen LogP contribution in [0, 0.1) is 11.7 Å². The van der Waals surface area contributed by atoms with Gasteiger partial charge in [0.15, 0.2) is 0 Å². The first-order valence-electron chi connectivity index (χ1n) is 13.6. The number of allylic oxidation sites excluding steroid dienone is 1. The van der Waals surface area contributed by atoms with Crippen LogP contribution in [0.3, 0.4) is 0 Å². The van der Waals surface area contributed by atoms with Crippen LogP contribution in [0.25, 0.3) is 21.9 Å². The van der Waals surface area contributed by atoms with Crippen molar-refractivity contribution in [3.05, 3.63) is 84.2 Å². The summed E-state index contributed by atoms with van der Waals surface area (Å²) < 4.78 is 15.5. The van der Waals surface area contributed by atoms with E-state index in [-0.39, 0.29) is 5.82 Å². The van der Waals surface area contributed by atoms with Crippen molar-refractivity contribution in [3.8, 4) is 11.1 Å². The van der Waals surface area contributed by atoms with Crippen LogP contribution in [-0.4, -0.2) is 0 Å². The number of halogens is 1. The molecule has 0 saturated heterocycles. The fraction of sp³-hybridized carbons (Fsp3) is 0.455. The van der Waals surface area contributed by atoms with Crippen molar-refractivity contribution in [2.45, 2.75) is 89.9 Å². The molecule has 0 bridgehead atoms. The number of aryl methyl sites for hydroxylation is 1. The van der Waals surface area contributed by atoms with Gasteiger partial charge in [-0.1, -0.05) is 106 Å². The molecule has 0 atom stereocenters. The molecule has 1 heteroatoms. The Kier molecular flexibility index (Phi) is 8.97. The molecule has 3 aromatic carbocycles. The highest BCUT2D eigenvalue weighted by atomic mass is 19.1. The van der Waals surface area contributed by atoms with Crippen LogP contribution < -0.4 is 0 Å². The fourth-order valence-corrected chi connectivity index (χ4v) is 5.73. The monoisotopic (exact) mass is 456 g/mol. The lowest BCUT2D eigenvalue weighted by atomic mass is 9.76. The van der Waals surface area contributed by atoms with E-state index < -0.39 is 0 Å². The molecule has 34 heavy (non-hydrogen) atoms. The van der Waals surface area contributed by atoms with Crippen LogP contribution in [0.5, 0.6) is 0 Å². The molecule has 0 nitrogen and oxygen atoms in total. The molecule has 0 aromatic heterocycles. The molecule has 0 aliphatic heterocycles. The zero-order valence-electron chi connectivity index (χ0n) is 21.0. The molecule has 4 rings (SSSR count). The first-order chi connectivity index (χ1) is 16.7. The van der Waals surface area contributed by atoms with E-state index in [9.17, 15) is 0 Å². The quantitative estimate of drug-likeness (QED) is 0.199. The minimum absolute atomic E-state index is 0.102. The molecule has 1 fully saturated rings. The highest BCUT2D eigenvalue weighted by Crippen LogP contribution is 2.39. The van der Waals surface area contributed by atoms with Crippen LogP contribution in [0.4, 0.5) is 4.39 Å². The van der Waals surface area contributed by atoms with Gasteiger partial charge in [-0.3, -0.25) is 0 Å². The zero-order chi connectivity index (χ0) is 23.8. The topological polar surface area (TPSA) is 0 Å². The normalized spacial score (nSPS) is 18.3. The Morgan fingerprint density at radius 3 is 2.38 bits per heavy atom. The van der Waals surface area contributed by atoms with Gasteiger partial charge in [0.2, 0.25) is 0 Å². The molecule has 0 spiro atoms. The summed E-state index contributed by atoms with van der Waals surface area (Å²) in [7, 11) is 0. The van der Waals surface area contributed by atoms with Gasteiger partial charge in [0.05, 0.1) is 0 Å². The van der Waals surface area contributed by atoms with Crippen LogP contribution in [0.15, 0.2) is 67.3 Å². The summed E-state index contributed by atoms with van der Waals surface area (Å²) in [5.41, 5.74) is 4.29. The number of fused-ring (bicyclic) bond motifs is 1. The summed E-state index contributed by atoms with van der Waals surface area (Å²) in [5, 5.41) is 1.76. The minimum atomic E-state index is -0.102. The molecule has 3 aromatic rings. The minimum Gasteiger partial charge on any atom is -0.206 e. The standard InChI is InChI=1S/C33H41F/c1-3-5-7-8-9-11-26-12-16-27(17-13-26)29-20-22-32-30(24-29)21-23-31(33(32)34)28-18-14-25(15-19-28)10-6-4-2/h4,14-15,18-24,26-27H,2-3,5-13,16-17H2,1H3. The summed E-state index contributed by atoms with van der Waals surface area (Å²) in [6.45, 7) is 6.07. The molecule has 0 heterocycles. The van der Waals surface area contributed by atoms with E-state index in [2.05, 4.69) is 43.8 Å². The van der Waals surface area contributed by atoms with Gasteiger partial charge < -0.3 is 0 Å². The molecule has 180 valence electrons. The lowest BCUT2D eigenvalue weighted by molar-refractivity contribution is 0.302. The predicted octanol–water partition coefficient (Wildman–Crippen LogP) is 10.4. The van der Waals surface area contributed by atoms with E-state index in [1.807, 2.05) is 30.3 Å². The number of benzene rings is 3. The second-order valence-corrected chi connectivity index (χ2v) is 10.4. The van der Waals surface area contributed by atoms with Gasteiger partial charge in [-0.25, -0.2) is 4.39 Å². The predicted molar refractivity (Wildman–Crippen MR) is 146 cm³/mol. The molecule has 0 amide bonds. The van der Waals surface area contributed by atoms with Crippen molar-refractivity contribution < 1.29 is 4.39 Å². The van der Waals surface area contributed by atoms with Gasteiger partial charge in [-0.2, -0.15) is 0 Å². The second kappa shape index (κ2) is 12.3. The van der Waals surface area contributed by atoms with Crippen molar-refractivity contribution in [3.63, 3.8) is 0 Å². The van der Waals surface area contributed by atoms with Crippen LogP contribution in [0.1, 0.15) is 94.6 Å². The molecule has 0 unspecified atom stereocenters. The molecular weight excluding hydrogens is 415 g/mol. The Balaban J connectivity index is 1.40. The van der Waals surface area contributed by atoms with Crippen LogP contribution in [-0.2, 0) is 6.42 Å². The lowest BCUT2D eigenvalue weighted by Gasteiger charge is -2.29. The fourth-order valence-electron chi connectivity index (χ4n) is 5.73. The van der Waals surface area contributed by atoms with E-state index >= 15 is 4.39 Å². The number of unbranched alkanes of at least 4 members (excludes halogenated alkanes) is 4. The van der Waals surface area contributed by atoms with Gasteiger partial charge in [-0.15, -0.1) is 6.58 Å². The van der Waals surface area contributed by atoms with E-state index in [4.69, 9.17) is 0 Å². The second-order valence-electron chi connectivity index (χ2n) is 10.4. The lowest BCUT2D eigenvalue weighted by Crippen LogP contribution is -2.13. The highest BCUT2D eigenvalue weighted by molar-refractivity contribution is 5.89. The molecule has 1 saturated carbocycles. The number of hydrogen-bond acceptors (Lipinski definition) is 0. The van der Waals surface area contributed by atoms with E-state index in [0.29, 0.717) is 11.5 Å². The molecule has 0 N–H and O–H groups in total. The summed E-state index contributed by atoms with van der Waals surface area (Å²) in [4.78, 5) is 0. The largest absolute Gasteiger partial charge is 0.206 e.